The van der Waals surface area contributed by atoms with Crippen molar-refractivity contribution in [2.75, 3.05) is 13.2 Å². The average molecular weight is 425 g/mol. The number of hydrogen-bond donors (Lipinski definition) is 0. The van der Waals surface area contributed by atoms with Gasteiger partial charge >= 0.3 is 0 Å². The highest BCUT2D eigenvalue weighted by molar-refractivity contribution is 7.20. The van der Waals surface area contributed by atoms with E-state index >= 15 is 0 Å². The SMILES string of the molecule is CCCCCCCCOc1ncsc1-c1scnc1OCCCCCCCC. The zero-order valence-electron chi connectivity index (χ0n) is 17.6. The molecule has 6 heteroatoms. The van der Waals surface area contributed by atoms with Crippen LogP contribution in [0.3, 0.4) is 0 Å². The standard InChI is InChI=1S/C22H36N2O2S2/c1-3-5-7-9-11-13-15-25-21-19(27-17-23-21)20-22(24-18-28-20)26-16-14-12-10-8-6-4-2/h17-18H,3-16H2,1-2H3. The van der Waals surface area contributed by atoms with Gasteiger partial charge in [-0.25, -0.2) is 9.97 Å². The molecule has 0 aliphatic rings. The Morgan fingerprint density at radius 2 is 1.00 bits per heavy atom. The smallest absolute Gasteiger partial charge is 0.233 e. The molecule has 0 radical (unpaired) electrons. The molecule has 2 aromatic rings. The van der Waals surface area contributed by atoms with Gasteiger partial charge in [0.15, 0.2) is 0 Å². The molecule has 0 fully saturated rings. The van der Waals surface area contributed by atoms with Crippen molar-refractivity contribution in [2.45, 2.75) is 90.9 Å². The molecule has 2 heterocycles. The van der Waals surface area contributed by atoms with Crippen molar-refractivity contribution in [3.8, 4) is 21.5 Å². The summed E-state index contributed by atoms with van der Waals surface area (Å²) in [5, 5.41) is 0. The quantitative estimate of drug-likeness (QED) is 0.243. The van der Waals surface area contributed by atoms with E-state index in [0.29, 0.717) is 0 Å². The van der Waals surface area contributed by atoms with Gasteiger partial charge in [0.1, 0.15) is 9.75 Å². The number of thiazole rings is 2. The van der Waals surface area contributed by atoms with Gasteiger partial charge in [0, 0.05) is 0 Å². The van der Waals surface area contributed by atoms with Crippen LogP contribution in [-0.2, 0) is 0 Å². The maximum atomic E-state index is 5.97. The van der Waals surface area contributed by atoms with Gasteiger partial charge in [0.2, 0.25) is 11.8 Å². The summed E-state index contributed by atoms with van der Waals surface area (Å²) in [4.78, 5) is 10.9. The molecule has 158 valence electrons. The van der Waals surface area contributed by atoms with Gasteiger partial charge in [0.05, 0.1) is 24.2 Å². The highest BCUT2D eigenvalue weighted by Gasteiger charge is 2.18. The average Bonchev–Trinajstić information content (AvgIpc) is 3.35. The highest BCUT2D eigenvalue weighted by Crippen LogP contribution is 2.41. The second-order valence-electron chi connectivity index (χ2n) is 7.21. The van der Waals surface area contributed by atoms with Gasteiger partial charge in [-0.05, 0) is 12.8 Å². The third-order valence-electron chi connectivity index (χ3n) is 4.75. The van der Waals surface area contributed by atoms with Gasteiger partial charge < -0.3 is 9.47 Å². The Balaban J connectivity index is 1.74. The molecule has 28 heavy (non-hydrogen) atoms. The molecule has 0 aliphatic heterocycles. The molecule has 4 nitrogen and oxygen atoms in total. The molecule has 0 N–H and O–H groups in total. The minimum atomic E-state index is 0.729. The van der Waals surface area contributed by atoms with Gasteiger partial charge in [-0.2, -0.15) is 0 Å². The molecule has 2 rings (SSSR count). The summed E-state index contributed by atoms with van der Waals surface area (Å²) >= 11 is 3.21. The van der Waals surface area contributed by atoms with Gasteiger partial charge in [-0.15, -0.1) is 22.7 Å². The number of nitrogens with zero attached hydrogens (tertiary/aromatic N) is 2. The van der Waals surface area contributed by atoms with Crippen LogP contribution in [0.5, 0.6) is 11.8 Å². The van der Waals surface area contributed by atoms with Crippen molar-refractivity contribution in [3.63, 3.8) is 0 Å². The maximum Gasteiger partial charge on any atom is 0.233 e. The summed E-state index contributed by atoms with van der Waals surface area (Å²) in [6.45, 7) is 5.96. The van der Waals surface area contributed by atoms with Crippen molar-refractivity contribution in [3.05, 3.63) is 11.0 Å². The Labute approximate surface area is 178 Å². The maximum absolute atomic E-state index is 5.97. The van der Waals surface area contributed by atoms with Crippen LogP contribution in [0.15, 0.2) is 11.0 Å². The van der Waals surface area contributed by atoms with Crippen LogP contribution >= 0.6 is 22.7 Å². The zero-order chi connectivity index (χ0) is 19.9. The van der Waals surface area contributed by atoms with Crippen molar-refractivity contribution in [1.29, 1.82) is 0 Å². The van der Waals surface area contributed by atoms with Gasteiger partial charge in [-0.3, -0.25) is 0 Å². The van der Waals surface area contributed by atoms with Gasteiger partial charge in [-0.1, -0.05) is 78.1 Å². The molecule has 0 spiro atoms. The van der Waals surface area contributed by atoms with Crippen LogP contribution in [0.4, 0.5) is 0 Å². The lowest BCUT2D eigenvalue weighted by Crippen LogP contribution is -2.00. The Kier molecular flexibility index (Phi) is 12.2. The van der Waals surface area contributed by atoms with E-state index in [-0.39, 0.29) is 0 Å². The largest absolute Gasteiger partial charge is 0.477 e. The lowest BCUT2D eigenvalue weighted by Gasteiger charge is -2.07. The van der Waals surface area contributed by atoms with E-state index < -0.39 is 0 Å². The number of ether oxygens (including phenoxy) is 2. The third-order valence-corrected chi connectivity index (χ3v) is 6.53. The fourth-order valence-corrected chi connectivity index (χ4v) is 4.69. The summed E-state index contributed by atoms with van der Waals surface area (Å²) < 4.78 is 11.9. The van der Waals surface area contributed by atoms with E-state index in [2.05, 4.69) is 23.8 Å². The minimum absolute atomic E-state index is 0.729. The van der Waals surface area contributed by atoms with Crippen molar-refractivity contribution in [1.82, 2.24) is 9.97 Å². The van der Waals surface area contributed by atoms with E-state index in [0.717, 1.165) is 47.6 Å². The molecule has 0 saturated heterocycles. The molecule has 0 aromatic carbocycles. The van der Waals surface area contributed by atoms with E-state index in [1.807, 2.05) is 11.0 Å². The third kappa shape index (κ3) is 8.48. The summed E-state index contributed by atoms with van der Waals surface area (Å²) in [5.74, 6) is 1.46. The summed E-state index contributed by atoms with van der Waals surface area (Å²) in [6.07, 6.45) is 15.1. The first-order valence-corrected chi connectivity index (χ1v) is 12.8. The second-order valence-corrected chi connectivity index (χ2v) is 8.92. The first kappa shape index (κ1) is 23.1. The van der Waals surface area contributed by atoms with Crippen LogP contribution in [-0.4, -0.2) is 23.2 Å². The van der Waals surface area contributed by atoms with Crippen molar-refractivity contribution >= 4 is 22.7 Å². The van der Waals surface area contributed by atoms with Crippen LogP contribution in [0.25, 0.3) is 9.75 Å². The number of aromatic nitrogens is 2. The normalized spacial score (nSPS) is 11.1. The van der Waals surface area contributed by atoms with Crippen molar-refractivity contribution in [2.24, 2.45) is 0 Å². The minimum Gasteiger partial charge on any atom is -0.477 e. The van der Waals surface area contributed by atoms with Gasteiger partial charge in [0.25, 0.3) is 0 Å². The molecular weight excluding hydrogens is 388 g/mol. The molecule has 0 saturated carbocycles. The Hall–Kier alpha value is -1.14. The fraction of sp³-hybridized carbons (Fsp3) is 0.727. The summed E-state index contributed by atoms with van der Waals surface area (Å²) in [6, 6.07) is 0. The monoisotopic (exact) mass is 424 g/mol. The predicted octanol–water partition coefficient (Wildman–Crippen LogP) is 7.75. The van der Waals surface area contributed by atoms with Crippen LogP contribution in [0.1, 0.15) is 90.9 Å². The number of unbranched alkanes of at least 4 members (excludes halogenated alkanes) is 10. The molecule has 0 atom stereocenters. The number of hydrogen-bond acceptors (Lipinski definition) is 6. The topological polar surface area (TPSA) is 44.2 Å². The molecule has 0 unspecified atom stereocenters. The van der Waals surface area contributed by atoms with Crippen molar-refractivity contribution < 1.29 is 9.47 Å². The zero-order valence-corrected chi connectivity index (χ0v) is 19.2. The van der Waals surface area contributed by atoms with E-state index in [1.54, 1.807) is 22.7 Å². The first-order chi connectivity index (χ1) is 13.9. The Bertz CT molecular complexity index is 573. The first-order valence-electron chi connectivity index (χ1n) is 11.0. The number of rotatable bonds is 17. The lowest BCUT2D eigenvalue weighted by molar-refractivity contribution is 0.292. The molecule has 0 bridgehead atoms. The molecule has 2 aromatic heterocycles. The molecular formula is C22H36N2O2S2. The van der Waals surface area contributed by atoms with E-state index in [4.69, 9.17) is 9.47 Å². The van der Waals surface area contributed by atoms with E-state index in [1.165, 1.54) is 64.2 Å². The predicted molar refractivity (Wildman–Crippen MR) is 121 cm³/mol. The Morgan fingerprint density at radius 3 is 1.43 bits per heavy atom. The van der Waals surface area contributed by atoms with Crippen LogP contribution in [0.2, 0.25) is 0 Å². The van der Waals surface area contributed by atoms with Crippen LogP contribution in [0, 0.1) is 0 Å². The second kappa shape index (κ2) is 14.8. The summed E-state index contributed by atoms with van der Waals surface area (Å²) in [5.41, 5.74) is 3.70. The van der Waals surface area contributed by atoms with E-state index in [9.17, 15) is 0 Å². The highest BCUT2D eigenvalue weighted by atomic mass is 32.1. The molecule has 0 amide bonds. The lowest BCUT2D eigenvalue weighted by atomic mass is 10.1. The van der Waals surface area contributed by atoms with Crippen LogP contribution < -0.4 is 9.47 Å². The molecule has 0 aliphatic carbocycles. The Morgan fingerprint density at radius 1 is 0.607 bits per heavy atom. The summed E-state index contributed by atoms with van der Waals surface area (Å²) in [7, 11) is 0. The fourth-order valence-electron chi connectivity index (χ4n) is 3.08.